The number of carboxylic acid groups (broad SMARTS) is 1. The van der Waals surface area contributed by atoms with Crippen LogP contribution in [0.5, 0.6) is 0 Å². The Morgan fingerprint density at radius 2 is 2.37 bits per heavy atom. The summed E-state index contributed by atoms with van der Waals surface area (Å²) < 4.78 is 1.62. The second-order valence-electron chi connectivity index (χ2n) is 4.28. The minimum Gasteiger partial charge on any atom is -0.481 e. The van der Waals surface area contributed by atoms with Crippen molar-refractivity contribution in [2.45, 2.75) is 32.6 Å². The van der Waals surface area contributed by atoms with Gasteiger partial charge in [-0.05, 0) is 12.8 Å². The lowest BCUT2D eigenvalue weighted by atomic mass is 10.2. The molecule has 0 bridgehead atoms. The van der Waals surface area contributed by atoms with E-state index in [-0.39, 0.29) is 6.42 Å². The molecule has 0 amide bonds. The molecule has 7 nitrogen and oxygen atoms in total. The predicted octanol–water partition coefficient (Wildman–Crippen LogP) is 1.35. The zero-order valence-electron chi connectivity index (χ0n) is 10.8. The van der Waals surface area contributed by atoms with Crippen molar-refractivity contribution in [3.05, 3.63) is 18.1 Å². The average Bonchev–Trinajstić information content (AvgIpc) is 2.83. The lowest BCUT2D eigenvalue weighted by Crippen LogP contribution is -2.10. The number of aryl methyl sites for hydroxylation is 1. The summed E-state index contributed by atoms with van der Waals surface area (Å²) in [5, 5.41) is 15.9. The van der Waals surface area contributed by atoms with Crippen molar-refractivity contribution in [3.8, 4) is 0 Å². The summed E-state index contributed by atoms with van der Waals surface area (Å²) in [5.41, 5.74) is 0.962. The van der Waals surface area contributed by atoms with Gasteiger partial charge < -0.3 is 10.4 Å². The molecule has 2 N–H and O–H groups in total. The number of rotatable bonds is 7. The van der Waals surface area contributed by atoms with Gasteiger partial charge in [0.1, 0.15) is 12.1 Å². The van der Waals surface area contributed by atoms with Gasteiger partial charge >= 0.3 is 5.97 Å². The van der Waals surface area contributed by atoms with E-state index in [4.69, 9.17) is 5.11 Å². The van der Waals surface area contributed by atoms with E-state index in [1.165, 1.54) is 6.33 Å². The van der Waals surface area contributed by atoms with Crippen LogP contribution in [-0.4, -0.2) is 37.2 Å². The first-order valence-electron chi connectivity index (χ1n) is 6.36. The van der Waals surface area contributed by atoms with Crippen molar-refractivity contribution in [2.75, 3.05) is 11.9 Å². The number of aromatic nitrogens is 4. The van der Waals surface area contributed by atoms with Crippen LogP contribution in [0.4, 0.5) is 5.82 Å². The zero-order valence-corrected chi connectivity index (χ0v) is 10.8. The molecule has 0 atom stereocenters. The lowest BCUT2D eigenvalue weighted by Gasteiger charge is -2.08. The van der Waals surface area contributed by atoms with Gasteiger partial charge in [-0.25, -0.2) is 4.98 Å². The molecule has 0 saturated carbocycles. The van der Waals surface area contributed by atoms with E-state index < -0.39 is 5.97 Å². The third-order valence-electron chi connectivity index (χ3n) is 2.68. The number of anilines is 1. The van der Waals surface area contributed by atoms with Crippen LogP contribution in [0, 0.1) is 0 Å². The summed E-state index contributed by atoms with van der Waals surface area (Å²) >= 11 is 0. The minimum absolute atomic E-state index is 0.153. The van der Waals surface area contributed by atoms with Gasteiger partial charge in [-0.2, -0.15) is 14.6 Å². The monoisotopic (exact) mass is 263 g/mol. The summed E-state index contributed by atoms with van der Waals surface area (Å²) in [6, 6.07) is 1.94. The van der Waals surface area contributed by atoms with E-state index >= 15 is 0 Å². The van der Waals surface area contributed by atoms with Crippen LogP contribution >= 0.6 is 0 Å². The van der Waals surface area contributed by atoms with Gasteiger partial charge in [-0.3, -0.25) is 4.79 Å². The molecule has 0 fully saturated rings. The van der Waals surface area contributed by atoms with E-state index in [0.29, 0.717) is 18.7 Å². The third kappa shape index (κ3) is 3.40. The maximum Gasteiger partial charge on any atom is 0.303 e. The molecule has 19 heavy (non-hydrogen) atoms. The molecule has 102 valence electrons. The van der Waals surface area contributed by atoms with Gasteiger partial charge in [-0.15, -0.1) is 0 Å². The molecule has 0 aliphatic carbocycles. The van der Waals surface area contributed by atoms with E-state index in [2.05, 4.69) is 27.3 Å². The first-order valence-corrected chi connectivity index (χ1v) is 6.36. The molecule has 2 heterocycles. The topological polar surface area (TPSA) is 92.4 Å². The highest BCUT2D eigenvalue weighted by Gasteiger charge is 2.07. The molecule has 2 aromatic rings. The van der Waals surface area contributed by atoms with Crippen molar-refractivity contribution >= 4 is 17.6 Å². The minimum atomic E-state index is -0.783. The highest BCUT2D eigenvalue weighted by Crippen LogP contribution is 2.12. The number of aliphatic carboxylic acids is 1. The summed E-state index contributed by atoms with van der Waals surface area (Å²) in [5.74, 6) is 0.581. The molecular formula is C12H17N5O2. The number of nitrogens with one attached hydrogen (secondary N) is 1. The zero-order chi connectivity index (χ0) is 13.7. The number of nitrogens with zero attached hydrogens (tertiary/aromatic N) is 4. The van der Waals surface area contributed by atoms with Crippen molar-refractivity contribution < 1.29 is 9.90 Å². The molecule has 7 heteroatoms. The van der Waals surface area contributed by atoms with Crippen LogP contribution in [0.25, 0.3) is 5.78 Å². The number of hydrogen-bond acceptors (Lipinski definition) is 5. The Labute approximate surface area is 110 Å². The van der Waals surface area contributed by atoms with Crippen LogP contribution in [0.1, 0.15) is 31.9 Å². The molecular weight excluding hydrogens is 246 g/mol. The quantitative estimate of drug-likeness (QED) is 0.733. The Morgan fingerprint density at radius 3 is 3.11 bits per heavy atom. The highest BCUT2D eigenvalue weighted by molar-refractivity contribution is 5.66. The fourth-order valence-electron chi connectivity index (χ4n) is 1.83. The molecule has 0 saturated heterocycles. The highest BCUT2D eigenvalue weighted by atomic mass is 16.4. The Kier molecular flexibility index (Phi) is 4.27. The number of fused-ring (bicyclic) bond motifs is 1. The first kappa shape index (κ1) is 13.3. The van der Waals surface area contributed by atoms with Gasteiger partial charge in [0.25, 0.3) is 5.78 Å². The van der Waals surface area contributed by atoms with Gasteiger partial charge in [0, 0.05) is 24.7 Å². The second kappa shape index (κ2) is 6.12. The molecule has 0 spiro atoms. The molecule has 0 aliphatic rings. The summed E-state index contributed by atoms with van der Waals surface area (Å²) in [6.07, 6.45) is 4.07. The van der Waals surface area contributed by atoms with Gasteiger partial charge in [0.2, 0.25) is 0 Å². The van der Waals surface area contributed by atoms with Crippen LogP contribution in [-0.2, 0) is 11.2 Å². The first-order chi connectivity index (χ1) is 9.20. The molecule has 0 radical (unpaired) electrons. The molecule has 2 rings (SSSR count). The smallest absolute Gasteiger partial charge is 0.303 e. The Bertz CT molecular complexity index is 566. The summed E-state index contributed by atoms with van der Waals surface area (Å²) in [4.78, 5) is 18.9. The maximum absolute atomic E-state index is 10.5. The summed E-state index contributed by atoms with van der Waals surface area (Å²) in [7, 11) is 0. The van der Waals surface area contributed by atoms with Crippen LogP contribution in [0.2, 0.25) is 0 Å². The predicted molar refractivity (Wildman–Crippen MR) is 70.1 cm³/mol. The number of carbonyl (C=O) groups is 1. The molecule has 0 unspecified atom stereocenters. The van der Waals surface area contributed by atoms with Gasteiger partial charge in [0.15, 0.2) is 0 Å². The van der Waals surface area contributed by atoms with Crippen LogP contribution < -0.4 is 5.32 Å². The summed E-state index contributed by atoms with van der Waals surface area (Å²) in [6.45, 7) is 2.67. The van der Waals surface area contributed by atoms with Crippen molar-refractivity contribution in [1.82, 2.24) is 19.6 Å². The van der Waals surface area contributed by atoms with E-state index in [0.717, 1.165) is 24.4 Å². The number of carboxylic acids is 1. The van der Waals surface area contributed by atoms with Crippen LogP contribution in [0.15, 0.2) is 12.4 Å². The standard InChI is InChI=1S/C12H17N5O2/c1-2-4-9-7-10(13-6-3-5-11(18)19)17-12(16-9)14-8-15-17/h7-8,13H,2-6H2,1H3,(H,18,19). The Balaban J connectivity index is 2.11. The third-order valence-corrected chi connectivity index (χ3v) is 2.68. The molecule has 0 aliphatic heterocycles. The van der Waals surface area contributed by atoms with Crippen molar-refractivity contribution in [2.24, 2.45) is 0 Å². The Hall–Kier alpha value is -2.18. The van der Waals surface area contributed by atoms with E-state index in [9.17, 15) is 4.79 Å². The maximum atomic E-state index is 10.5. The van der Waals surface area contributed by atoms with Gasteiger partial charge in [-0.1, -0.05) is 13.3 Å². The van der Waals surface area contributed by atoms with E-state index in [1.807, 2.05) is 6.07 Å². The Morgan fingerprint density at radius 1 is 1.53 bits per heavy atom. The normalized spacial score (nSPS) is 10.8. The number of hydrogen-bond donors (Lipinski definition) is 2. The largest absolute Gasteiger partial charge is 0.481 e. The molecule has 2 aromatic heterocycles. The molecule has 0 aromatic carbocycles. The van der Waals surface area contributed by atoms with Crippen molar-refractivity contribution in [3.63, 3.8) is 0 Å². The van der Waals surface area contributed by atoms with Crippen LogP contribution in [0.3, 0.4) is 0 Å². The fourth-order valence-corrected chi connectivity index (χ4v) is 1.83. The SMILES string of the molecule is CCCc1cc(NCCCC(=O)O)n2ncnc2n1. The van der Waals surface area contributed by atoms with Gasteiger partial charge in [0.05, 0.1) is 0 Å². The van der Waals surface area contributed by atoms with Crippen molar-refractivity contribution in [1.29, 1.82) is 0 Å². The lowest BCUT2D eigenvalue weighted by molar-refractivity contribution is -0.137. The fraction of sp³-hybridized carbons (Fsp3) is 0.500. The van der Waals surface area contributed by atoms with E-state index in [1.54, 1.807) is 4.52 Å². The average molecular weight is 263 g/mol. The second-order valence-corrected chi connectivity index (χ2v) is 4.28.